The van der Waals surface area contributed by atoms with Gasteiger partial charge in [0.1, 0.15) is 6.10 Å². The van der Waals surface area contributed by atoms with Gasteiger partial charge in [-0.15, -0.1) is 0 Å². The van der Waals surface area contributed by atoms with Gasteiger partial charge in [0.15, 0.2) is 0 Å². The summed E-state index contributed by atoms with van der Waals surface area (Å²) in [5.41, 5.74) is 5.33. The standard InChI is InChI=1S/C16H21F3N4O4/c17-16(18,19)7-10-9-22(13(24)11-3-1-2-6-26-11)4-5-23(10)14(25)12-8-21-15(20)27-12/h8,10-11H,1-7,9H2,(H2,20,21). The van der Waals surface area contributed by atoms with Crippen molar-refractivity contribution in [2.24, 2.45) is 0 Å². The molecule has 0 spiro atoms. The average molecular weight is 390 g/mol. The number of nitrogens with zero attached hydrogens (tertiary/aromatic N) is 3. The molecule has 0 saturated carbocycles. The normalized spacial score (nSPS) is 24.1. The first-order chi connectivity index (χ1) is 12.7. The van der Waals surface area contributed by atoms with Gasteiger partial charge in [-0.3, -0.25) is 9.59 Å². The summed E-state index contributed by atoms with van der Waals surface area (Å²) in [6.07, 6.45) is -3.00. The fourth-order valence-corrected chi connectivity index (χ4v) is 3.43. The van der Waals surface area contributed by atoms with E-state index in [-0.39, 0.29) is 37.3 Å². The topological polar surface area (TPSA) is 102 Å². The molecule has 11 heteroatoms. The van der Waals surface area contributed by atoms with Crippen LogP contribution in [0.15, 0.2) is 10.6 Å². The molecule has 0 bridgehead atoms. The lowest BCUT2D eigenvalue weighted by atomic mass is 10.0. The third-order valence-electron chi connectivity index (χ3n) is 4.71. The molecule has 2 saturated heterocycles. The number of carbonyl (C=O) groups excluding carboxylic acids is 2. The van der Waals surface area contributed by atoms with Crippen LogP contribution in [0.2, 0.25) is 0 Å². The second-order valence-electron chi connectivity index (χ2n) is 6.67. The van der Waals surface area contributed by atoms with E-state index in [1.165, 1.54) is 4.90 Å². The van der Waals surface area contributed by atoms with Crippen molar-refractivity contribution in [2.75, 3.05) is 32.0 Å². The third kappa shape index (κ3) is 4.71. The minimum absolute atomic E-state index is 0.0430. The van der Waals surface area contributed by atoms with Gasteiger partial charge in [0.2, 0.25) is 5.76 Å². The molecule has 2 aliphatic heterocycles. The largest absolute Gasteiger partial charge is 0.418 e. The Morgan fingerprint density at radius 1 is 1.30 bits per heavy atom. The second kappa shape index (κ2) is 7.75. The molecule has 27 heavy (non-hydrogen) atoms. The highest BCUT2D eigenvalue weighted by Gasteiger charge is 2.42. The first-order valence-electron chi connectivity index (χ1n) is 8.74. The van der Waals surface area contributed by atoms with Crippen LogP contribution in [0.3, 0.4) is 0 Å². The third-order valence-corrected chi connectivity index (χ3v) is 4.71. The molecular formula is C16H21F3N4O4. The molecule has 2 fully saturated rings. The minimum atomic E-state index is -4.49. The van der Waals surface area contributed by atoms with Crippen LogP contribution in [0.5, 0.6) is 0 Å². The van der Waals surface area contributed by atoms with Crippen molar-refractivity contribution in [1.29, 1.82) is 0 Å². The maximum absolute atomic E-state index is 13.0. The highest BCUT2D eigenvalue weighted by Crippen LogP contribution is 2.28. The minimum Gasteiger partial charge on any atom is -0.418 e. The molecule has 2 N–H and O–H groups in total. The number of halogens is 3. The lowest BCUT2D eigenvalue weighted by Crippen LogP contribution is -2.59. The summed E-state index contributed by atoms with van der Waals surface area (Å²) in [5, 5.41) is 0. The number of aromatic nitrogens is 1. The van der Waals surface area contributed by atoms with Crippen molar-refractivity contribution in [3.8, 4) is 0 Å². The van der Waals surface area contributed by atoms with Gasteiger partial charge in [0.25, 0.3) is 17.8 Å². The monoisotopic (exact) mass is 390 g/mol. The quantitative estimate of drug-likeness (QED) is 0.838. The van der Waals surface area contributed by atoms with Gasteiger partial charge in [-0.05, 0) is 19.3 Å². The van der Waals surface area contributed by atoms with Crippen LogP contribution in [0, 0.1) is 0 Å². The number of amides is 2. The maximum atomic E-state index is 13.0. The predicted molar refractivity (Wildman–Crippen MR) is 86.6 cm³/mol. The first-order valence-corrected chi connectivity index (χ1v) is 8.74. The molecule has 3 heterocycles. The van der Waals surface area contributed by atoms with E-state index in [9.17, 15) is 22.8 Å². The summed E-state index contributed by atoms with van der Waals surface area (Å²) in [6, 6.07) is -1.46. The Kier molecular flexibility index (Phi) is 5.59. The fraction of sp³-hybridized carbons (Fsp3) is 0.688. The fourth-order valence-electron chi connectivity index (χ4n) is 3.43. The Morgan fingerprint density at radius 3 is 2.67 bits per heavy atom. The number of nitrogens with two attached hydrogens (primary N) is 1. The number of piperazine rings is 1. The van der Waals surface area contributed by atoms with Crippen LogP contribution in [0.25, 0.3) is 0 Å². The zero-order chi connectivity index (χ0) is 19.6. The second-order valence-corrected chi connectivity index (χ2v) is 6.67. The lowest BCUT2D eigenvalue weighted by molar-refractivity contribution is -0.160. The average Bonchev–Trinajstić information content (AvgIpc) is 3.06. The molecule has 2 unspecified atom stereocenters. The molecular weight excluding hydrogens is 369 g/mol. The zero-order valence-corrected chi connectivity index (χ0v) is 14.6. The Balaban J connectivity index is 1.73. The number of carbonyl (C=O) groups is 2. The van der Waals surface area contributed by atoms with Gasteiger partial charge in [-0.25, -0.2) is 4.98 Å². The number of alkyl halides is 3. The van der Waals surface area contributed by atoms with Gasteiger partial charge in [0, 0.05) is 26.2 Å². The van der Waals surface area contributed by atoms with Crippen molar-refractivity contribution < 1.29 is 31.9 Å². The van der Waals surface area contributed by atoms with Gasteiger partial charge >= 0.3 is 6.18 Å². The lowest BCUT2D eigenvalue weighted by Gasteiger charge is -2.42. The van der Waals surface area contributed by atoms with Crippen molar-refractivity contribution in [2.45, 2.75) is 44.0 Å². The SMILES string of the molecule is Nc1ncc(C(=O)N2CCN(C(=O)C3CCCCO3)CC2CC(F)(F)F)o1. The molecule has 1 aromatic heterocycles. The Labute approximate surface area is 153 Å². The number of nitrogen functional groups attached to an aromatic ring is 1. The molecule has 2 atom stereocenters. The van der Waals surface area contributed by atoms with E-state index in [0.717, 1.165) is 23.9 Å². The van der Waals surface area contributed by atoms with E-state index < -0.39 is 30.7 Å². The van der Waals surface area contributed by atoms with Gasteiger partial charge in [-0.2, -0.15) is 13.2 Å². The molecule has 0 aliphatic carbocycles. The van der Waals surface area contributed by atoms with Gasteiger partial charge < -0.3 is 24.7 Å². The molecule has 2 aliphatic rings. The summed E-state index contributed by atoms with van der Waals surface area (Å²) in [4.78, 5) is 31.1. The molecule has 0 radical (unpaired) electrons. The number of oxazole rings is 1. The van der Waals surface area contributed by atoms with Crippen LogP contribution < -0.4 is 5.73 Å². The summed E-state index contributed by atoms with van der Waals surface area (Å²) in [5.74, 6) is -1.28. The summed E-state index contributed by atoms with van der Waals surface area (Å²) >= 11 is 0. The van der Waals surface area contributed by atoms with E-state index in [4.69, 9.17) is 14.9 Å². The number of rotatable bonds is 3. The van der Waals surface area contributed by atoms with Crippen LogP contribution in [0.1, 0.15) is 36.2 Å². The number of hydrogen-bond acceptors (Lipinski definition) is 6. The highest BCUT2D eigenvalue weighted by molar-refractivity contribution is 5.92. The van der Waals surface area contributed by atoms with E-state index in [1.807, 2.05) is 0 Å². The van der Waals surface area contributed by atoms with Crippen LogP contribution >= 0.6 is 0 Å². The Bertz CT molecular complexity index is 687. The summed E-state index contributed by atoms with van der Waals surface area (Å²) < 4.78 is 49.5. The molecule has 3 rings (SSSR count). The van der Waals surface area contributed by atoms with Crippen molar-refractivity contribution >= 4 is 17.8 Å². The maximum Gasteiger partial charge on any atom is 0.391 e. The molecule has 1 aromatic rings. The van der Waals surface area contributed by atoms with E-state index in [2.05, 4.69) is 4.98 Å². The first kappa shape index (κ1) is 19.5. The van der Waals surface area contributed by atoms with E-state index in [1.54, 1.807) is 0 Å². The van der Waals surface area contributed by atoms with Crippen molar-refractivity contribution in [3.05, 3.63) is 12.0 Å². The molecule has 8 nitrogen and oxygen atoms in total. The Hall–Kier alpha value is -2.30. The van der Waals surface area contributed by atoms with Crippen LogP contribution in [-0.4, -0.2) is 71.2 Å². The van der Waals surface area contributed by atoms with Gasteiger partial charge in [-0.1, -0.05) is 0 Å². The van der Waals surface area contributed by atoms with Crippen molar-refractivity contribution in [1.82, 2.24) is 14.8 Å². The predicted octanol–water partition coefficient (Wildman–Crippen LogP) is 1.43. The zero-order valence-electron chi connectivity index (χ0n) is 14.6. The molecule has 2 amide bonds. The van der Waals surface area contributed by atoms with Crippen LogP contribution in [0.4, 0.5) is 19.2 Å². The van der Waals surface area contributed by atoms with Crippen LogP contribution in [-0.2, 0) is 9.53 Å². The number of hydrogen-bond donors (Lipinski definition) is 1. The summed E-state index contributed by atoms with van der Waals surface area (Å²) in [6.45, 7) is 0.336. The summed E-state index contributed by atoms with van der Waals surface area (Å²) in [7, 11) is 0. The highest BCUT2D eigenvalue weighted by atomic mass is 19.4. The number of anilines is 1. The smallest absolute Gasteiger partial charge is 0.391 e. The van der Waals surface area contributed by atoms with E-state index in [0.29, 0.717) is 13.0 Å². The molecule has 150 valence electrons. The Morgan fingerprint density at radius 2 is 2.07 bits per heavy atom. The van der Waals surface area contributed by atoms with E-state index >= 15 is 0 Å². The van der Waals surface area contributed by atoms with Crippen molar-refractivity contribution in [3.63, 3.8) is 0 Å². The molecule has 0 aromatic carbocycles. The number of ether oxygens (including phenoxy) is 1. The van der Waals surface area contributed by atoms with Gasteiger partial charge in [0.05, 0.1) is 18.7 Å².